The van der Waals surface area contributed by atoms with Crippen LogP contribution in [0.2, 0.25) is 5.02 Å². The Labute approximate surface area is 123 Å². The highest BCUT2D eigenvalue weighted by Crippen LogP contribution is 2.43. The monoisotopic (exact) mass is 294 g/mol. The van der Waals surface area contributed by atoms with Gasteiger partial charge in [0, 0.05) is 6.54 Å². The van der Waals surface area contributed by atoms with Gasteiger partial charge in [-0.05, 0) is 49.0 Å². The van der Waals surface area contributed by atoms with Gasteiger partial charge in [0.1, 0.15) is 0 Å². The van der Waals surface area contributed by atoms with Crippen LogP contribution in [0, 0.1) is 10.2 Å². The number of aromatic amines is 1. The lowest BCUT2D eigenvalue weighted by atomic mass is 9.83. The molecule has 0 saturated heterocycles. The molecule has 0 spiro atoms. The number of para-hydroxylation sites is 1. The maximum absolute atomic E-state index is 6.36. The molecule has 1 aliphatic carbocycles. The summed E-state index contributed by atoms with van der Waals surface area (Å²) in [6, 6.07) is 5.95. The van der Waals surface area contributed by atoms with Crippen LogP contribution < -0.4 is 0 Å². The molecule has 1 N–H and O–H groups in total. The minimum absolute atomic E-state index is 0.409. The van der Waals surface area contributed by atoms with E-state index in [1.807, 2.05) is 18.2 Å². The van der Waals surface area contributed by atoms with Crippen LogP contribution in [0.5, 0.6) is 0 Å². The van der Waals surface area contributed by atoms with Gasteiger partial charge in [-0.25, -0.2) is 0 Å². The minimum Gasteiger partial charge on any atom is -0.331 e. The summed E-state index contributed by atoms with van der Waals surface area (Å²) in [4.78, 5) is 3.28. The summed E-state index contributed by atoms with van der Waals surface area (Å²) in [5, 5.41) is 0.786. The number of nitrogens with zero attached hydrogens (tertiary/aromatic N) is 1. The molecule has 4 heteroatoms. The number of aromatic nitrogens is 2. The van der Waals surface area contributed by atoms with E-state index in [0.717, 1.165) is 27.4 Å². The molecule has 1 saturated carbocycles. The second-order valence-electron chi connectivity index (χ2n) is 5.71. The van der Waals surface area contributed by atoms with Gasteiger partial charge < -0.3 is 9.55 Å². The Kier molecular flexibility index (Phi) is 3.44. The fourth-order valence-electron chi connectivity index (χ4n) is 3.41. The van der Waals surface area contributed by atoms with Gasteiger partial charge in [0.05, 0.1) is 16.1 Å². The first-order chi connectivity index (χ1) is 9.15. The van der Waals surface area contributed by atoms with Gasteiger partial charge in [-0.15, -0.1) is 0 Å². The van der Waals surface area contributed by atoms with Crippen LogP contribution in [0.1, 0.15) is 39.0 Å². The Bertz CT molecular complexity index is 650. The van der Waals surface area contributed by atoms with Crippen LogP contribution in [0.15, 0.2) is 18.2 Å². The molecule has 1 aromatic heterocycles. The quantitative estimate of drug-likeness (QED) is 0.760. The lowest BCUT2D eigenvalue weighted by Gasteiger charge is -2.28. The first kappa shape index (κ1) is 13.2. The van der Waals surface area contributed by atoms with Gasteiger partial charge in [-0.2, -0.15) is 0 Å². The van der Waals surface area contributed by atoms with Gasteiger partial charge in [-0.3, -0.25) is 0 Å². The molecule has 102 valence electrons. The third kappa shape index (κ3) is 2.23. The highest BCUT2D eigenvalue weighted by molar-refractivity contribution is 7.71. The Morgan fingerprint density at radius 3 is 2.79 bits per heavy atom. The van der Waals surface area contributed by atoms with E-state index in [1.165, 1.54) is 32.1 Å². The molecular weight excluding hydrogens is 276 g/mol. The van der Waals surface area contributed by atoms with Crippen molar-refractivity contribution in [3.8, 4) is 0 Å². The van der Waals surface area contributed by atoms with Crippen LogP contribution in [-0.2, 0) is 6.54 Å². The van der Waals surface area contributed by atoms with Crippen molar-refractivity contribution in [3.05, 3.63) is 28.0 Å². The molecular formula is C15H19ClN2S. The van der Waals surface area contributed by atoms with E-state index in [0.29, 0.717) is 5.41 Å². The second kappa shape index (κ2) is 4.95. The number of benzene rings is 1. The number of rotatable bonds is 3. The molecule has 1 fully saturated rings. The number of hydrogen-bond donors (Lipinski definition) is 1. The number of fused-ring (bicyclic) bond motifs is 1. The standard InChI is InChI=1S/C15H19ClN2S/c1-2-15(8-3-4-9-15)10-18-13-11(16)6-5-7-12(13)17-14(18)19/h5-7H,2-4,8-10H2,1H3,(H,17,19). The van der Waals surface area contributed by atoms with Gasteiger partial charge in [0.15, 0.2) is 4.77 Å². The minimum atomic E-state index is 0.409. The molecule has 1 aromatic carbocycles. The molecule has 0 radical (unpaired) electrons. The molecule has 19 heavy (non-hydrogen) atoms. The molecule has 0 atom stereocenters. The molecule has 2 aromatic rings. The van der Waals surface area contributed by atoms with Crippen LogP contribution in [0.3, 0.4) is 0 Å². The van der Waals surface area contributed by atoms with E-state index < -0.39 is 0 Å². The highest BCUT2D eigenvalue weighted by Gasteiger charge is 2.33. The van der Waals surface area contributed by atoms with Crippen molar-refractivity contribution in [1.29, 1.82) is 0 Å². The number of imidazole rings is 1. The van der Waals surface area contributed by atoms with Crippen molar-refractivity contribution in [3.63, 3.8) is 0 Å². The zero-order chi connectivity index (χ0) is 13.5. The van der Waals surface area contributed by atoms with Gasteiger partial charge in [0.25, 0.3) is 0 Å². The van der Waals surface area contributed by atoms with Crippen molar-refractivity contribution in [2.45, 2.75) is 45.6 Å². The number of hydrogen-bond acceptors (Lipinski definition) is 1. The number of halogens is 1. The fourth-order valence-corrected chi connectivity index (χ4v) is 3.95. The lowest BCUT2D eigenvalue weighted by Crippen LogP contribution is -2.22. The zero-order valence-corrected chi connectivity index (χ0v) is 12.8. The lowest BCUT2D eigenvalue weighted by molar-refractivity contribution is 0.239. The Morgan fingerprint density at radius 2 is 2.11 bits per heavy atom. The first-order valence-electron chi connectivity index (χ1n) is 7.02. The summed E-state index contributed by atoms with van der Waals surface area (Å²) in [7, 11) is 0. The van der Waals surface area contributed by atoms with E-state index in [2.05, 4.69) is 16.5 Å². The molecule has 1 aliphatic rings. The Balaban J connectivity index is 2.10. The normalized spacial score (nSPS) is 18.2. The van der Waals surface area contributed by atoms with Gasteiger partial charge in [0.2, 0.25) is 0 Å². The van der Waals surface area contributed by atoms with E-state index in [9.17, 15) is 0 Å². The second-order valence-corrected chi connectivity index (χ2v) is 6.51. The van der Waals surface area contributed by atoms with Crippen LogP contribution in [0.25, 0.3) is 11.0 Å². The zero-order valence-electron chi connectivity index (χ0n) is 11.2. The average Bonchev–Trinajstić information content (AvgIpc) is 2.97. The SMILES string of the molecule is CCC1(Cn2c(=S)[nH]c3cccc(Cl)c32)CCCC1. The van der Waals surface area contributed by atoms with E-state index in [4.69, 9.17) is 23.8 Å². The predicted molar refractivity (Wildman–Crippen MR) is 83.3 cm³/mol. The van der Waals surface area contributed by atoms with Gasteiger partial charge in [-0.1, -0.05) is 37.4 Å². The van der Waals surface area contributed by atoms with Crippen molar-refractivity contribution in [2.24, 2.45) is 5.41 Å². The largest absolute Gasteiger partial charge is 0.331 e. The third-order valence-corrected chi connectivity index (χ3v) is 5.28. The Morgan fingerprint density at radius 1 is 1.37 bits per heavy atom. The van der Waals surface area contributed by atoms with E-state index in [-0.39, 0.29) is 0 Å². The molecule has 3 rings (SSSR count). The molecule has 0 aliphatic heterocycles. The molecule has 1 heterocycles. The van der Waals surface area contributed by atoms with Crippen molar-refractivity contribution in [2.75, 3.05) is 0 Å². The summed E-state index contributed by atoms with van der Waals surface area (Å²) in [6.07, 6.45) is 6.52. The van der Waals surface area contributed by atoms with E-state index >= 15 is 0 Å². The van der Waals surface area contributed by atoms with Crippen LogP contribution in [0.4, 0.5) is 0 Å². The van der Waals surface area contributed by atoms with Crippen molar-refractivity contribution < 1.29 is 0 Å². The van der Waals surface area contributed by atoms with Crippen LogP contribution in [-0.4, -0.2) is 9.55 Å². The average molecular weight is 295 g/mol. The number of nitrogens with one attached hydrogen (secondary N) is 1. The summed E-state index contributed by atoms with van der Waals surface area (Å²) in [5.41, 5.74) is 2.52. The van der Waals surface area contributed by atoms with Crippen molar-refractivity contribution >= 4 is 34.9 Å². The molecule has 0 unspecified atom stereocenters. The van der Waals surface area contributed by atoms with Crippen LogP contribution >= 0.6 is 23.8 Å². The summed E-state index contributed by atoms with van der Waals surface area (Å²) < 4.78 is 3.00. The van der Waals surface area contributed by atoms with E-state index in [1.54, 1.807) is 0 Å². The maximum Gasteiger partial charge on any atom is 0.178 e. The molecule has 0 amide bonds. The highest BCUT2D eigenvalue weighted by atomic mass is 35.5. The predicted octanol–water partition coefficient (Wildman–Crippen LogP) is 5.32. The van der Waals surface area contributed by atoms with Gasteiger partial charge >= 0.3 is 0 Å². The summed E-state index contributed by atoms with van der Waals surface area (Å²) >= 11 is 11.9. The topological polar surface area (TPSA) is 20.7 Å². The summed E-state index contributed by atoms with van der Waals surface area (Å²) in [6.45, 7) is 3.29. The fraction of sp³-hybridized carbons (Fsp3) is 0.533. The molecule has 0 bridgehead atoms. The number of H-pyrrole nitrogens is 1. The Hall–Kier alpha value is -0.800. The molecule has 2 nitrogen and oxygen atoms in total. The smallest absolute Gasteiger partial charge is 0.178 e. The third-order valence-electron chi connectivity index (χ3n) is 4.65. The summed E-state index contributed by atoms with van der Waals surface area (Å²) in [5.74, 6) is 0. The van der Waals surface area contributed by atoms with Crippen molar-refractivity contribution in [1.82, 2.24) is 9.55 Å². The first-order valence-corrected chi connectivity index (χ1v) is 7.81. The maximum atomic E-state index is 6.36.